The van der Waals surface area contributed by atoms with E-state index in [9.17, 15) is 0 Å². The smallest absolute Gasteiger partial charge is 0.220 e. The summed E-state index contributed by atoms with van der Waals surface area (Å²) in [7, 11) is 0. The number of fused-ring (bicyclic) bond motifs is 1. The zero-order valence-corrected chi connectivity index (χ0v) is 13.9. The first kappa shape index (κ1) is 15.1. The predicted molar refractivity (Wildman–Crippen MR) is 97.1 cm³/mol. The van der Waals surface area contributed by atoms with Crippen molar-refractivity contribution in [1.29, 1.82) is 0 Å². The Kier molecular flexibility index (Phi) is 3.89. The average molecular weight is 356 g/mol. The van der Waals surface area contributed by atoms with E-state index in [0.717, 1.165) is 16.7 Å². The number of oxazole rings is 1. The predicted octanol–water partition coefficient (Wildman–Crippen LogP) is 6.57. The first-order valence-electron chi connectivity index (χ1n) is 7.28. The van der Waals surface area contributed by atoms with Crippen LogP contribution in [-0.2, 0) is 0 Å². The lowest BCUT2D eigenvalue weighted by molar-refractivity contribution is 0.570. The molecule has 4 aromatic rings. The van der Waals surface area contributed by atoms with Crippen LogP contribution in [0.3, 0.4) is 0 Å². The minimum absolute atomic E-state index is 0.523. The monoisotopic (exact) mass is 355 g/mol. The van der Waals surface area contributed by atoms with Gasteiger partial charge in [0, 0.05) is 16.7 Å². The van der Waals surface area contributed by atoms with E-state index in [1.807, 2.05) is 36.4 Å². The molecule has 0 atom stereocenters. The summed E-state index contributed by atoms with van der Waals surface area (Å²) in [6.07, 6.45) is 3.56. The van der Waals surface area contributed by atoms with Crippen molar-refractivity contribution < 1.29 is 8.83 Å². The molecule has 0 aliphatic rings. The summed E-state index contributed by atoms with van der Waals surface area (Å²) in [4.78, 5) is 4.38. The Hall–Kier alpha value is -2.49. The highest BCUT2D eigenvalue weighted by Gasteiger charge is 2.09. The van der Waals surface area contributed by atoms with Crippen LogP contribution in [0.5, 0.6) is 0 Å². The maximum atomic E-state index is 6.20. The molecule has 0 spiro atoms. The second kappa shape index (κ2) is 6.19. The van der Waals surface area contributed by atoms with E-state index in [2.05, 4.69) is 4.98 Å². The van der Waals surface area contributed by atoms with Crippen molar-refractivity contribution in [1.82, 2.24) is 4.98 Å². The van der Waals surface area contributed by atoms with Gasteiger partial charge in [-0.1, -0.05) is 35.3 Å². The Balaban J connectivity index is 1.61. The van der Waals surface area contributed by atoms with Gasteiger partial charge in [-0.2, -0.15) is 0 Å². The highest BCUT2D eigenvalue weighted by atomic mass is 35.5. The molecule has 24 heavy (non-hydrogen) atoms. The molecule has 0 saturated heterocycles. The van der Waals surface area contributed by atoms with Crippen LogP contribution in [0.25, 0.3) is 34.6 Å². The third kappa shape index (κ3) is 2.96. The largest absolute Gasteiger partial charge is 0.457 e. The van der Waals surface area contributed by atoms with Gasteiger partial charge in [0.05, 0.1) is 5.02 Å². The van der Waals surface area contributed by atoms with Crippen molar-refractivity contribution in [2.45, 2.75) is 0 Å². The molecule has 0 aliphatic carbocycles. The third-order valence-electron chi connectivity index (χ3n) is 3.52. The van der Waals surface area contributed by atoms with Crippen molar-refractivity contribution in [3.05, 3.63) is 76.3 Å². The Bertz CT molecular complexity index is 1010. The Morgan fingerprint density at radius 2 is 1.75 bits per heavy atom. The van der Waals surface area contributed by atoms with Crippen molar-refractivity contribution >= 4 is 46.5 Å². The molecule has 4 rings (SSSR count). The van der Waals surface area contributed by atoms with Gasteiger partial charge in [0.15, 0.2) is 5.58 Å². The lowest BCUT2D eigenvalue weighted by atomic mass is 10.2. The van der Waals surface area contributed by atoms with E-state index in [4.69, 9.17) is 32.0 Å². The number of furan rings is 1. The molecular weight excluding hydrogens is 345 g/mol. The van der Waals surface area contributed by atoms with Gasteiger partial charge in [0.2, 0.25) is 5.89 Å². The Morgan fingerprint density at radius 3 is 2.62 bits per heavy atom. The molecule has 2 heterocycles. The summed E-state index contributed by atoms with van der Waals surface area (Å²) in [6.45, 7) is 0. The maximum absolute atomic E-state index is 6.20. The van der Waals surface area contributed by atoms with Gasteiger partial charge in [-0.3, -0.25) is 0 Å². The van der Waals surface area contributed by atoms with Crippen molar-refractivity contribution in [3.63, 3.8) is 0 Å². The lowest BCUT2D eigenvalue weighted by Gasteiger charge is -2.00. The molecule has 118 valence electrons. The highest BCUT2D eigenvalue weighted by Crippen LogP contribution is 2.32. The fourth-order valence-electron chi connectivity index (χ4n) is 2.39. The van der Waals surface area contributed by atoms with Crippen molar-refractivity contribution in [3.8, 4) is 11.3 Å². The summed E-state index contributed by atoms with van der Waals surface area (Å²) >= 11 is 12.2. The van der Waals surface area contributed by atoms with Crippen LogP contribution < -0.4 is 0 Å². The molecular formula is C19H11Cl2NO2. The van der Waals surface area contributed by atoms with Crippen LogP contribution >= 0.6 is 23.2 Å². The summed E-state index contributed by atoms with van der Waals surface area (Å²) in [5.41, 5.74) is 2.33. The molecule has 0 N–H and O–H groups in total. The lowest BCUT2D eigenvalue weighted by Crippen LogP contribution is -1.76. The molecule has 2 aromatic heterocycles. The van der Waals surface area contributed by atoms with Crippen molar-refractivity contribution in [2.75, 3.05) is 0 Å². The van der Waals surface area contributed by atoms with Gasteiger partial charge in [-0.15, -0.1) is 0 Å². The van der Waals surface area contributed by atoms with E-state index >= 15 is 0 Å². The number of benzene rings is 2. The molecule has 5 heteroatoms. The minimum atomic E-state index is 0.523. The van der Waals surface area contributed by atoms with Gasteiger partial charge < -0.3 is 8.83 Å². The molecule has 0 unspecified atom stereocenters. The maximum Gasteiger partial charge on any atom is 0.220 e. The Labute approximate surface area is 148 Å². The SMILES string of the molecule is Clc1ccc(Cl)c(-c2ccc(/C=C/c3nc4ccccc4o3)o2)c1. The third-order valence-corrected chi connectivity index (χ3v) is 4.09. The van der Waals surface area contributed by atoms with Gasteiger partial charge in [-0.05, 0) is 48.5 Å². The molecule has 0 amide bonds. The molecule has 2 aromatic carbocycles. The minimum Gasteiger partial charge on any atom is -0.457 e. The standard InChI is InChI=1S/C19H11Cl2NO2/c20-12-5-8-15(21)14(11-12)17-9-6-13(23-17)7-10-19-22-16-3-1-2-4-18(16)24-19/h1-11H/b10-7+. The van der Waals surface area contributed by atoms with Gasteiger partial charge in [0.25, 0.3) is 0 Å². The van der Waals surface area contributed by atoms with Crippen molar-refractivity contribution in [2.24, 2.45) is 0 Å². The second-order valence-electron chi connectivity index (χ2n) is 5.18. The Morgan fingerprint density at radius 1 is 0.875 bits per heavy atom. The molecule has 0 radical (unpaired) electrons. The zero-order valence-electron chi connectivity index (χ0n) is 12.4. The number of hydrogen-bond acceptors (Lipinski definition) is 3. The van der Waals surface area contributed by atoms with Gasteiger partial charge in [-0.25, -0.2) is 4.98 Å². The van der Waals surface area contributed by atoms with Crippen LogP contribution in [-0.4, -0.2) is 4.98 Å². The first-order chi connectivity index (χ1) is 11.7. The summed E-state index contributed by atoms with van der Waals surface area (Å²) in [5, 5.41) is 1.19. The van der Waals surface area contributed by atoms with Crippen LogP contribution in [0.1, 0.15) is 11.7 Å². The van der Waals surface area contributed by atoms with Crippen LogP contribution in [0, 0.1) is 0 Å². The summed E-state index contributed by atoms with van der Waals surface area (Å²) < 4.78 is 11.4. The number of rotatable bonds is 3. The van der Waals surface area contributed by atoms with Gasteiger partial charge in [0.1, 0.15) is 17.0 Å². The molecule has 0 bridgehead atoms. The second-order valence-corrected chi connectivity index (χ2v) is 6.02. The molecule has 0 aliphatic heterocycles. The summed E-state index contributed by atoms with van der Waals surface area (Å²) in [5.74, 6) is 1.85. The molecule has 3 nitrogen and oxygen atoms in total. The van der Waals surface area contributed by atoms with Crippen LogP contribution in [0.2, 0.25) is 10.0 Å². The normalized spacial score (nSPS) is 11.6. The zero-order chi connectivity index (χ0) is 16.5. The summed E-state index contributed by atoms with van der Waals surface area (Å²) in [6, 6.07) is 16.6. The molecule has 0 fully saturated rings. The highest BCUT2D eigenvalue weighted by molar-refractivity contribution is 6.35. The van der Waals surface area contributed by atoms with E-state index < -0.39 is 0 Å². The molecule has 0 saturated carbocycles. The number of halogens is 2. The van der Waals surface area contributed by atoms with E-state index in [1.165, 1.54) is 0 Å². The number of hydrogen-bond donors (Lipinski definition) is 0. The number of nitrogens with zero attached hydrogens (tertiary/aromatic N) is 1. The number of aromatic nitrogens is 1. The average Bonchev–Trinajstić information content (AvgIpc) is 3.21. The quantitative estimate of drug-likeness (QED) is 0.417. The van der Waals surface area contributed by atoms with E-state index in [1.54, 1.807) is 30.4 Å². The first-order valence-corrected chi connectivity index (χ1v) is 8.03. The van der Waals surface area contributed by atoms with E-state index in [-0.39, 0.29) is 0 Å². The fourth-order valence-corrected chi connectivity index (χ4v) is 2.77. The van der Waals surface area contributed by atoms with Gasteiger partial charge >= 0.3 is 0 Å². The topological polar surface area (TPSA) is 39.2 Å². The van der Waals surface area contributed by atoms with Crippen LogP contribution in [0.4, 0.5) is 0 Å². The number of para-hydroxylation sites is 2. The van der Waals surface area contributed by atoms with Crippen LogP contribution in [0.15, 0.2) is 63.4 Å². The van der Waals surface area contributed by atoms with E-state index in [0.29, 0.717) is 27.5 Å². The fraction of sp³-hybridized carbons (Fsp3) is 0.